The number of rotatable bonds is 4. The van der Waals surface area contributed by atoms with Gasteiger partial charge >= 0.3 is 0 Å². The lowest BCUT2D eigenvalue weighted by atomic mass is 10.1. The summed E-state index contributed by atoms with van der Waals surface area (Å²) in [5, 5.41) is 3.43. The average Bonchev–Trinajstić information content (AvgIpc) is 2.70. The fourth-order valence-corrected chi connectivity index (χ4v) is 2.07. The normalized spacial score (nSPS) is 23.6. The first kappa shape index (κ1) is 12.0. The van der Waals surface area contributed by atoms with Crippen LogP contribution in [-0.2, 0) is 4.74 Å². The Morgan fingerprint density at radius 1 is 1.53 bits per heavy atom. The van der Waals surface area contributed by atoms with Crippen molar-refractivity contribution < 1.29 is 9.47 Å². The maximum Gasteiger partial charge on any atom is 0.144 e. The maximum absolute atomic E-state index is 6.06. The molecule has 3 N–H and O–H groups in total. The van der Waals surface area contributed by atoms with Gasteiger partial charge in [-0.2, -0.15) is 0 Å². The van der Waals surface area contributed by atoms with Crippen molar-refractivity contribution in [3.8, 4) is 5.75 Å². The van der Waals surface area contributed by atoms with Crippen LogP contribution in [0.5, 0.6) is 5.75 Å². The summed E-state index contributed by atoms with van der Waals surface area (Å²) in [6.07, 6.45) is 1.24. The van der Waals surface area contributed by atoms with Gasteiger partial charge in [-0.3, -0.25) is 0 Å². The molecule has 94 valence electrons. The molecule has 1 heterocycles. The highest BCUT2D eigenvalue weighted by atomic mass is 16.5. The number of ether oxygens (including phenoxy) is 2. The van der Waals surface area contributed by atoms with Crippen molar-refractivity contribution in [3.63, 3.8) is 0 Å². The second-order valence-electron chi connectivity index (χ2n) is 4.27. The number of hydrogen-bond acceptors (Lipinski definition) is 4. The van der Waals surface area contributed by atoms with Crippen molar-refractivity contribution >= 4 is 11.4 Å². The topological polar surface area (TPSA) is 56.5 Å². The predicted octanol–water partition coefficient (Wildman–Crippen LogP) is 2.26. The van der Waals surface area contributed by atoms with Crippen LogP contribution in [0.4, 0.5) is 11.4 Å². The average molecular weight is 236 g/mol. The molecule has 17 heavy (non-hydrogen) atoms. The fraction of sp³-hybridized carbons (Fsp3) is 0.538. The van der Waals surface area contributed by atoms with E-state index in [4.69, 9.17) is 15.2 Å². The van der Waals surface area contributed by atoms with E-state index in [1.165, 1.54) is 0 Å². The van der Waals surface area contributed by atoms with Crippen molar-refractivity contribution in [3.05, 3.63) is 18.2 Å². The summed E-state index contributed by atoms with van der Waals surface area (Å²) in [6.45, 7) is 5.46. The molecule has 1 aromatic carbocycles. The van der Waals surface area contributed by atoms with Crippen LogP contribution in [-0.4, -0.2) is 25.4 Å². The first-order valence-corrected chi connectivity index (χ1v) is 6.11. The lowest BCUT2D eigenvalue weighted by Crippen LogP contribution is -2.27. The highest BCUT2D eigenvalue weighted by Crippen LogP contribution is 2.31. The number of nitrogens with one attached hydrogen (secondary N) is 1. The minimum atomic E-state index is 0.227. The Labute approximate surface area is 102 Å². The maximum atomic E-state index is 6.06. The lowest BCUT2D eigenvalue weighted by Gasteiger charge is -2.19. The van der Waals surface area contributed by atoms with Crippen LogP contribution < -0.4 is 15.8 Å². The molecule has 1 aliphatic heterocycles. The molecule has 0 spiro atoms. The zero-order valence-electron chi connectivity index (χ0n) is 10.4. The van der Waals surface area contributed by atoms with Crippen LogP contribution in [0.2, 0.25) is 0 Å². The van der Waals surface area contributed by atoms with E-state index in [0.29, 0.717) is 18.3 Å². The Balaban J connectivity index is 2.12. The number of nitrogens with two attached hydrogens (primary N) is 1. The van der Waals surface area contributed by atoms with Gasteiger partial charge in [-0.25, -0.2) is 0 Å². The van der Waals surface area contributed by atoms with Crippen LogP contribution in [0.15, 0.2) is 18.2 Å². The van der Waals surface area contributed by atoms with E-state index in [0.717, 1.165) is 24.5 Å². The van der Waals surface area contributed by atoms with Crippen molar-refractivity contribution in [2.45, 2.75) is 32.4 Å². The molecule has 1 aromatic rings. The van der Waals surface area contributed by atoms with Gasteiger partial charge in [0.2, 0.25) is 0 Å². The molecule has 0 aromatic heterocycles. The smallest absolute Gasteiger partial charge is 0.144 e. The second-order valence-corrected chi connectivity index (χ2v) is 4.27. The number of benzene rings is 1. The first-order valence-electron chi connectivity index (χ1n) is 6.11. The first-order chi connectivity index (χ1) is 8.22. The number of hydrogen-bond donors (Lipinski definition) is 2. The van der Waals surface area contributed by atoms with Crippen molar-refractivity contribution in [1.29, 1.82) is 0 Å². The summed E-state index contributed by atoms with van der Waals surface area (Å²) in [7, 11) is 0. The summed E-state index contributed by atoms with van der Waals surface area (Å²) in [5.41, 5.74) is 7.67. The van der Waals surface area contributed by atoms with E-state index in [1.54, 1.807) is 0 Å². The zero-order valence-corrected chi connectivity index (χ0v) is 10.4. The minimum absolute atomic E-state index is 0.227. The standard InChI is InChI=1S/C13H20N2O2/c1-3-16-12-6-4-5-11(13(12)14)15-10-7-8-17-9(10)2/h4-6,9-10,15H,3,7-8,14H2,1-2H3. The Kier molecular flexibility index (Phi) is 3.74. The Morgan fingerprint density at radius 2 is 2.35 bits per heavy atom. The highest BCUT2D eigenvalue weighted by molar-refractivity contribution is 5.73. The van der Waals surface area contributed by atoms with Crippen molar-refractivity contribution in [2.24, 2.45) is 0 Å². The molecule has 1 fully saturated rings. The molecule has 0 saturated carbocycles. The SMILES string of the molecule is CCOc1cccc(NC2CCOC2C)c1N. The van der Waals surface area contributed by atoms with Gasteiger partial charge in [0.1, 0.15) is 5.75 Å². The monoisotopic (exact) mass is 236 g/mol. The molecule has 4 heteroatoms. The summed E-state index contributed by atoms with van der Waals surface area (Å²) in [5.74, 6) is 0.740. The van der Waals surface area contributed by atoms with Crippen LogP contribution >= 0.6 is 0 Å². The molecule has 0 amide bonds. The van der Waals surface area contributed by atoms with Crippen LogP contribution in [0, 0.1) is 0 Å². The largest absolute Gasteiger partial charge is 0.492 e. The molecule has 0 radical (unpaired) electrons. The van der Waals surface area contributed by atoms with Crippen LogP contribution in [0.25, 0.3) is 0 Å². The molecule has 1 saturated heterocycles. The highest BCUT2D eigenvalue weighted by Gasteiger charge is 2.24. The van der Waals surface area contributed by atoms with E-state index >= 15 is 0 Å². The van der Waals surface area contributed by atoms with Gasteiger partial charge in [-0.1, -0.05) is 6.07 Å². The quantitative estimate of drug-likeness (QED) is 0.787. The number of para-hydroxylation sites is 1. The number of nitrogen functional groups attached to an aromatic ring is 1. The summed E-state index contributed by atoms with van der Waals surface area (Å²) in [6, 6.07) is 6.14. The van der Waals surface area contributed by atoms with Crippen molar-refractivity contribution in [1.82, 2.24) is 0 Å². The molecular formula is C13H20N2O2. The third kappa shape index (κ3) is 2.64. The van der Waals surface area contributed by atoms with E-state index in [-0.39, 0.29) is 6.10 Å². The third-order valence-electron chi connectivity index (χ3n) is 3.08. The van der Waals surface area contributed by atoms with Gasteiger partial charge in [0.05, 0.1) is 30.1 Å². The Bertz CT molecular complexity index is 382. The summed E-state index contributed by atoms with van der Waals surface area (Å²) < 4.78 is 11.0. The number of anilines is 2. The van der Waals surface area contributed by atoms with Gasteiger partial charge in [-0.15, -0.1) is 0 Å². The Morgan fingerprint density at radius 3 is 3.00 bits per heavy atom. The minimum Gasteiger partial charge on any atom is -0.492 e. The predicted molar refractivity (Wildman–Crippen MR) is 69.5 cm³/mol. The molecular weight excluding hydrogens is 216 g/mol. The van der Waals surface area contributed by atoms with Gasteiger partial charge in [0.15, 0.2) is 0 Å². The zero-order chi connectivity index (χ0) is 12.3. The summed E-state index contributed by atoms with van der Waals surface area (Å²) in [4.78, 5) is 0. The van der Waals surface area contributed by atoms with Gasteiger partial charge in [-0.05, 0) is 32.4 Å². The van der Waals surface area contributed by atoms with Gasteiger partial charge < -0.3 is 20.5 Å². The second kappa shape index (κ2) is 5.27. The van der Waals surface area contributed by atoms with Crippen LogP contribution in [0.1, 0.15) is 20.3 Å². The molecule has 2 unspecified atom stereocenters. The molecule has 4 nitrogen and oxygen atoms in total. The van der Waals surface area contributed by atoms with Gasteiger partial charge in [0, 0.05) is 6.61 Å². The summed E-state index contributed by atoms with van der Waals surface area (Å²) >= 11 is 0. The molecule has 2 rings (SSSR count). The van der Waals surface area contributed by atoms with E-state index in [1.807, 2.05) is 25.1 Å². The van der Waals surface area contributed by atoms with E-state index in [2.05, 4.69) is 12.2 Å². The van der Waals surface area contributed by atoms with E-state index < -0.39 is 0 Å². The molecule has 1 aliphatic rings. The lowest BCUT2D eigenvalue weighted by molar-refractivity contribution is 0.121. The third-order valence-corrected chi connectivity index (χ3v) is 3.08. The molecule has 0 bridgehead atoms. The van der Waals surface area contributed by atoms with Crippen molar-refractivity contribution in [2.75, 3.05) is 24.3 Å². The van der Waals surface area contributed by atoms with E-state index in [9.17, 15) is 0 Å². The molecule has 2 atom stereocenters. The fourth-order valence-electron chi connectivity index (χ4n) is 2.07. The van der Waals surface area contributed by atoms with Crippen LogP contribution in [0.3, 0.4) is 0 Å². The van der Waals surface area contributed by atoms with Gasteiger partial charge in [0.25, 0.3) is 0 Å². The molecule has 0 aliphatic carbocycles. The Hall–Kier alpha value is -1.42.